The molecule has 138 valence electrons. The molecule has 2 aliphatic rings. The summed E-state index contributed by atoms with van der Waals surface area (Å²) in [5.74, 6) is -3.26. The molecule has 1 aromatic rings. The van der Waals surface area contributed by atoms with Crippen LogP contribution in [0, 0.1) is 0 Å². The molecule has 0 fully saturated rings. The quantitative estimate of drug-likeness (QED) is 0.454. The Balaban J connectivity index is 1.71. The smallest absolute Gasteiger partial charge is 0.331 e. The van der Waals surface area contributed by atoms with Crippen LogP contribution in [0.4, 0.5) is 0 Å². The van der Waals surface area contributed by atoms with Gasteiger partial charge in [0.05, 0.1) is 23.1 Å². The lowest BCUT2D eigenvalue weighted by atomic mass is 10.1. The monoisotopic (exact) mass is 387 g/mol. The van der Waals surface area contributed by atoms with Gasteiger partial charge in [0.2, 0.25) is 5.91 Å². The van der Waals surface area contributed by atoms with Gasteiger partial charge in [0.1, 0.15) is 6.04 Å². The molecular formula is C17H13N3O6S. The Morgan fingerprint density at radius 2 is 1.78 bits per heavy atom. The van der Waals surface area contributed by atoms with Crippen LogP contribution in [0.5, 0.6) is 0 Å². The van der Waals surface area contributed by atoms with Crippen molar-refractivity contribution >= 4 is 46.5 Å². The maximum atomic E-state index is 12.4. The highest BCUT2D eigenvalue weighted by Gasteiger charge is 2.41. The van der Waals surface area contributed by atoms with E-state index in [0.717, 1.165) is 29.8 Å². The van der Waals surface area contributed by atoms with E-state index in [1.54, 1.807) is 12.1 Å². The van der Waals surface area contributed by atoms with Crippen LogP contribution in [0.3, 0.4) is 0 Å². The first kappa shape index (κ1) is 18.5. The summed E-state index contributed by atoms with van der Waals surface area (Å²) in [4.78, 5) is 64.7. The Hall–Kier alpha value is -3.27. The number of hydrogen-bond acceptors (Lipinski definition) is 7. The van der Waals surface area contributed by atoms with Crippen LogP contribution in [0.2, 0.25) is 0 Å². The van der Waals surface area contributed by atoms with Crippen LogP contribution in [0.25, 0.3) is 0 Å². The number of thioether (sulfide) groups is 1. The van der Waals surface area contributed by atoms with Gasteiger partial charge >= 0.3 is 5.97 Å². The van der Waals surface area contributed by atoms with E-state index in [1.165, 1.54) is 19.1 Å². The van der Waals surface area contributed by atoms with Crippen molar-refractivity contribution in [2.24, 2.45) is 4.99 Å². The zero-order valence-corrected chi connectivity index (χ0v) is 15.0. The van der Waals surface area contributed by atoms with Crippen LogP contribution >= 0.6 is 11.8 Å². The van der Waals surface area contributed by atoms with E-state index in [-0.39, 0.29) is 21.2 Å². The minimum Gasteiger partial charge on any atom is -0.466 e. The minimum absolute atomic E-state index is 0.00877. The first-order valence-electron chi connectivity index (χ1n) is 7.71. The van der Waals surface area contributed by atoms with E-state index in [4.69, 9.17) is 0 Å². The summed E-state index contributed by atoms with van der Waals surface area (Å²) in [5.41, 5.74) is 0.460. The zero-order chi connectivity index (χ0) is 19.7. The molecule has 1 N–H and O–H groups in total. The molecule has 1 atom stereocenters. The largest absolute Gasteiger partial charge is 0.466 e. The van der Waals surface area contributed by atoms with Crippen molar-refractivity contribution in [3.05, 3.63) is 46.4 Å². The number of rotatable bonds is 3. The Morgan fingerprint density at radius 1 is 1.19 bits per heavy atom. The summed E-state index contributed by atoms with van der Waals surface area (Å²) in [7, 11) is 1.16. The van der Waals surface area contributed by atoms with Crippen LogP contribution < -0.4 is 5.32 Å². The third-order valence-corrected chi connectivity index (χ3v) is 4.79. The lowest BCUT2D eigenvalue weighted by Gasteiger charge is -2.21. The first-order chi connectivity index (χ1) is 12.8. The van der Waals surface area contributed by atoms with E-state index in [9.17, 15) is 24.0 Å². The number of carbonyl (C=O) groups is 5. The van der Waals surface area contributed by atoms with Crippen LogP contribution in [-0.4, -0.2) is 52.8 Å². The van der Waals surface area contributed by atoms with E-state index in [1.807, 2.05) is 0 Å². The van der Waals surface area contributed by atoms with Crippen molar-refractivity contribution in [1.82, 2.24) is 10.2 Å². The van der Waals surface area contributed by atoms with Gasteiger partial charge in [-0.3, -0.25) is 24.1 Å². The Labute approximate surface area is 157 Å². The number of aliphatic imine (C=N–C) groups is 1. The van der Waals surface area contributed by atoms with Gasteiger partial charge in [0, 0.05) is 6.08 Å². The highest BCUT2D eigenvalue weighted by atomic mass is 32.2. The van der Waals surface area contributed by atoms with Crippen molar-refractivity contribution < 1.29 is 28.7 Å². The number of methoxy groups -OCH3 is 1. The standard InChI is InChI=1S/C17H13N3O6S/c1-8(20-15(24)9-5-3-4-6-10(9)16(20)25)13(22)18-17-19-14(23)11(27-17)7-12(21)26-2/h3-8H,1-2H3,(H,18,19,22,23). The van der Waals surface area contributed by atoms with Crippen LogP contribution in [0.1, 0.15) is 27.6 Å². The van der Waals surface area contributed by atoms with Gasteiger partial charge in [-0.25, -0.2) is 4.79 Å². The molecule has 0 aromatic heterocycles. The fraction of sp³-hybridized carbons (Fsp3) is 0.176. The zero-order valence-electron chi connectivity index (χ0n) is 14.2. The van der Waals surface area contributed by atoms with Crippen molar-refractivity contribution in [3.63, 3.8) is 0 Å². The van der Waals surface area contributed by atoms with E-state index < -0.39 is 35.6 Å². The summed E-state index contributed by atoms with van der Waals surface area (Å²) in [6.45, 7) is 1.39. The van der Waals surface area contributed by atoms with Gasteiger partial charge < -0.3 is 10.1 Å². The number of hydrogen-bond donors (Lipinski definition) is 1. The van der Waals surface area contributed by atoms with Gasteiger partial charge in [-0.2, -0.15) is 4.99 Å². The van der Waals surface area contributed by atoms with Crippen LogP contribution in [-0.2, 0) is 19.1 Å². The maximum absolute atomic E-state index is 12.4. The molecule has 3 rings (SSSR count). The number of ether oxygens (including phenoxy) is 1. The highest BCUT2D eigenvalue weighted by molar-refractivity contribution is 8.18. The van der Waals surface area contributed by atoms with Crippen molar-refractivity contribution in [2.45, 2.75) is 13.0 Å². The maximum Gasteiger partial charge on any atom is 0.331 e. The Kier molecular flexibility index (Phi) is 4.91. The lowest BCUT2D eigenvalue weighted by molar-refractivity contribution is -0.135. The number of nitrogens with zero attached hydrogens (tertiary/aromatic N) is 2. The SMILES string of the molecule is COC(=O)C=C1SC(NC(=O)C(C)N2C(=O)c3ccccc3C2=O)=NC1=O. The molecule has 27 heavy (non-hydrogen) atoms. The van der Waals surface area contributed by atoms with Gasteiger partial charge in [-0.1, -0.05) is 12.1 Å². The number of nitrogens with one attached hydrogen (secondary N) is 1. The average molecular weight is 387 g/mol. The predicted molar refractivity (Wildman–Crippen MR) is 94.7 cm³/mol. The summed E-state index contributed by atoms with van der Waals surface area (Å²) in [5, 5.41) is 2.34. The molecule has 9 nitrogen and oxygen atoms in total. The van der Waals surface area contributed by atoms with Gasteiger partial charge in [-0.05, 0) is 30.8 Å². The predicted octanol–water partition coefficient (Wildman–Crippen LogP) is 0.474. The highest BCUT2D eigenvalue weighted by Crippen LogP contribution is 2.27. The molecule has 2 heterocycles. The fourth-order valence-electron chi connectivity index (χ4n) is 2.52. The van der Waals surface area contributed by atoms with Gasteiger partial charge in [0.25, 0.3) is 17.7 Å². The molecule has 0 saturated heterocycles. The normalized spacial score (nSPS) is 18.4. The third-order valence-electron chi connectivity index (χ3n) is 3.89. The van der Waals surface area contributed by atoms with E-state index >= 15 is 0 Å². The number of amides is 4. The second-order valence-electron chi connectivity index (χ2n) is 5.55. The molecule has 0 radical (unpaired) electrons. The molecule has 1 aromatic carbocycles. The number of esters is 1. The number of carbonyl (C=O) groups excluding carboxylic acids is 5. The molecule has 2 aliphatic heterocycles. The second kappa shape index (κ2) is 7.16. The van der Waals surface area contributed by atoms with Crippen molar-refractivity contribution in [2.75, 3.05) is 7.11 Å². The molecular weight excluding hydrogens is 374 g/mol. The summed E-state index contributed by atoms with van der Waals surface area (Å²) in [6, 6.07) is 5.16. The number of imide groups is 1. The van der Waals surface area contributed by atoms with Crippen molar-refractivity contribution in [1.29, 1.82) is 0 Å². The molecule has 0 bridgehead atoms. The number of amidine groups is 1. The summed E-state index contributed by atoms with van der Waals surface area (Å²) in [6.07, 6.45) is 0.962. The molecule has 0 saturated carbocycles. The molecule has 1 unspecified atom stereocenters. The Bertz CT molecular complexity index is 917. The molecule has 10 heteroatoms. The molecule has 0 aliphatic carbocycles. The van der Waals surface area contributed by atoms with E-state index in [2.05, 4.69) is 15.0 Å². The fourth-order valence-corrected chi connectivity index (χ4v) is 3.29. The lowest BCUT2D eigenvalue weighted by Crippen LogP contribution is -2.48. The van der Waals surface area contributed by atoms with Gasteiger partial charge in [0.15, 0.2) is 5.17 Å². The van der Waals surface area contributed by atoms with E-state index in [0.29, 0.717) is 0 Å². The van der Waals surface area contributed by atoms with Gasteiger partial charge in [-0.15, -0.1) is 0 Å². The topological polar surface area (TPSA) is 122 Å². The van der Waals surface area contributed by atoms with Crippen molar-refractivity contribution in [3.8, 4) is 0 Å². The minimum atomic E-state index is -1.12. The number of fused-ring (bicyclic) bond motifs is 1. The molecule has 4 amide bonds. The molecule has 0 spiro atoms. The summed E-state index contributed by atoms with van der Waals surface area (Å²) < 4.78 is 4.44. The number of benzene rings is 1. The Morgan fingerprint density at radius 3 is 2.33 bits per heavy atom. The average Bonchev–Trinajstić information content (AvgIpc) is 3.11. The summed E-state index contributed by atoms with van der Waals surface area (Å²) >= 11 is 0.780. The second-order valence-corrected chi connectivity index (χ2v) is 6.58. The van der Waals surface area contributed by atoms with Crippen LogP contribution in [0.15, 0.2) is 40.2 Å². The third kappa shape index (κ3) is 3.38. The first-order valence-corrected chi connectivity index (χ1v) is 8.53.